The number of hydrogen-bond donors (Lipinski definition) is 2. The number of carbonyl (C=O) groups is 1. The first kappa shape index (κ1) is 20.7. The van der Waals surface area contributed by atoms with Crippen molar-refractivity contribution >= 4 is 35.0 Å². The van der Waals surface area contributed by atoms with Crippen molar-refractivity contribution in [2.45, 2.75) is 6.92 Å². The molecule has 1 fully saturated rings. The van der Waals surface area contributed by atoms with Crippen molar-refractivity contribution < 1.29 is 14.5 Å². The minimum atomic E-state index is -0.565. The van der Waals surface area contributed by atoms with Gasteiger partial charge in [-0.3, -0.25) is 14.9 Å². The van der Waals surface area contributed by atoms with Crippen molar-refractivity contribution in [2.75, 3.05) is 49.6 Å². The van der Waals surface area contributed by atoms with Gasteiger partial charge in [-0.05, 0) is 13.0 Å². The molecule has 1 saturated heterocycles. The van der Waals surface area contributed by atoms with Crippen molar-refractivity contribution in [3.63, 3.8) is 0 Å². The monoisotopic (exact) mass is 420 g/mol. The maximum absolute atomic E-state index is 12.2. The zero-order valence-electron chi connectivity index (χ0n) is 15.9. The van der Waals surface area contributed by atoms with Gasteiger partial charge in [0.25, 0.3) is 11.6 Å². The van der Waals surface area contributed by atoms with Crippen molar-refractivity contribution in [3.05, 3.63) is 50.7 Å². The Morgan fingerprint density at radius 2 is 2.03 bits per heavy atom. The molecule has 0 atom stereocenters. The number of amides is 1. The van der Waals surface area contributed by atoms with Crippen LogP contribution in [0.2, 0.25) is 5.02 Å². The second-order valence-corrected chi connectivity index (χ2v) is 6.80. The van der Waals surface area contributed by atoms with Crippen molar-refractivity contribution in [2.24, 2.45) is 0 Å². The highest BCUT2D eigenvalue weighted by atomic mass is 35.5. The van der Waals surface area contributed by atoms with Crippen LogP contribution >= 0.6 is 11.6 Å². The number of nitro groups is 1. The molecule has 1 aliphatic heterocycles. The van der Waals surface area contributed by atoms with E-state index in [1.165, 1.54) is 12.1 Å². The van der Waals surface area contributed by atoms with E-state index < -0.39 is 10.8 Å². The van der Waals surface area contributed by atoms with Crippen LogP contribution < -0.4 is 15.5 Å². The molecular weight excluding hydrogens is 400 g/mol. The molecule has 0 bridgehead atoms. The average Bonchev–Trinajstić information content (AvgIpc) is 2.71. The Balaban J connectivity index is 1.53. The number of nitrogens with one attached hydrogen (secondary N) is 2. The summed E-state index contributed by atoms with van der Waals surface area (Å²) in [5.74, 6) is 0.907. The lowest BCUT2D eigenvalue weighted by atomic mass is 10.2. The summed E-state index contributed by atoms with van der Waals surface area (Å²) in [4.78, 5) is 33.4. The third-order valence-electron chi connectivity index (χ3n) is 4.28. The van der Waals surface area contributed by atoms with E-state index in [9.17, 15) is 14.9 Å². The van der Waals surface area contributed by atoms with Crippen LogP contribution in [0.3, 0.4) is 0 Å². The largest absolute Gasteiger partial charge is 0.378 e. The highest BCUT2D eigenvalue weighted by Crippen LogP contribution is 2.22. The van der Waals surface area contributed by atoms with Crippen LogP contribution in [0, 0.1) is 17.0 Å². The fourth-order valence-corrected chi connectivity index (χ4v) is 3.09. The SMILES string of the molecule is Cc1cc(N2CCOCC2)nc(NCCNC(=O)c2ccc([N+](=O)[O-])cc2Cl)n1. The van der Waals surface area contributed by atoms with Crippen molar-refractivity contribution in [1.82, 2.24) is 15.3 Å². The van der Waals surface area contributed by atoms with Gasteiger partial charge in [0, 0.05) is 50.1 Å². The number of nitrogens with zero attached hydrogens (tertiary/aromatic N) is 4. The molecule has 3 rings (SSSR count). The van der Waals surface area contributed by atoms with Crippen molar-refractivity contribution in [1.29, 1.82) is 0 Å². The van der Waals surface area contributed by atoms with Gasteiger partial charge in [0.2, 0.25) is 5.95 Å². The topological polar surface area (TPSA) is 123 Å². The number of hydrogen-bond acceptors (Lipinski definition) is 8. The summed E-state index contributed by atoms with van der Waals surface area (Å²) in [6.45, 7) is 5.50. The molecule has 2 heterocycles. The van der Waals surface area contributed by atoms with Crippen LogP contribution in [-0.4, -0.2) is 60.2 Å². The number of rotatable bonds is 7. The maximum Gasteiger partial charge on any atom is 0.270 e. The second kappa shape index (κ2) is 9.48. The first-order valence-corrected chi connectivity index (χ1v) is 9.46. The Morgan fingerprint density at radius 3 is 2.72 bits per heavy atom. The van der Waals surface area contributed by atoms with Gasteiger partial charge in [0.05, 0.1) is 28.7 Å². The molecule has 2 N–H and O–H groups in total. The summed E-state index contributed by atoms with van der Waals surface area (Å²) in [6.07, 6.45) is 0. The number of carbonyl (C=O) groups excluding carboxylic acids is 1. The van der Waals surface area contributed by atoms with Crippen LogP contribution in [0.25, 0.3) is 0 Å². The fourth-order valence-electron chi connectivity index (χ4n) is 2.83. The van der Waals surface area contributed by atoms with E-state index in [0.29, 0.717) is 32.3 Å². The van der Waals surface area contributed by atoms with Crippen molar-refractivity contribution in [3.8, 4) is 0 Å². The molecule has 0 aliphatic carbocycles. The predicted octanol–water partition coefficient (Wildman–Crippen LogP) is 2.03. The molecule has 1 aromatic heterocycles. The summed E-state index contributed by atoms with van der Waals surface area (Å²) in [5.41, 5.74) is 0.852. The van der Waals surface area contributed by atoms with Crippen LogP contribution in [0.15, 0.2) is 24.3 Å². The van der Waals surface area contributed by atoms with Crippen LogP contribution in [0.1, 0.15) is 16.1 Å². The zero-order valence-corrected chi connectivity index (χ0v) is 16.6. The lowest BCUT2D eigenvalue weighted by molar-refractivity contribution is -0.384. The number of nitro benzene ring substituents is 1. The van der Waals surface area contributed by atoms with E-state index in [0.717, 1.165) is 30.7 Å². The van der Waals surface area contributed by atoms with E-state index in [1.807, 2.05) is 13.0 Å². The molecule has 11 heteroatoms. The van der Waals surface area contributed by atoms with E-state index >= 15 is 0 Å². The molecule has 1 aromatic carbocycles. The average molecular weight is 421 g/mol. The van der Waals surface area contributed by atoms with Gasteiger partial charge in [-0.1, -0.05) is 11.6 Å². The molecule has 10 nitrogen and oxygen atoms in total. The summed E-state index contributed by atoms with van der Waals surface area (Å²) < 4.78 is 5.36. The van der Waals surface area contributed by atoms with Gasteiger partial charge in [-0.25, -0.2) is 4.98 Å². The van der Waals surface area contributed by atoms with E-state index in [2.05, 4.69) is 25.5 Å². The lowest BCUT2D eigenvalue weighted by Gasteiger charge is -2.28. The van der Waals surface area contributed by atoms with Gasteiger partial charge >= 0.3 is 0 Å². The maximum atomic E-state index is 12.2. The van der Waals surface area contributed by atoms with Gasteiger partial charge in [-0.2, -0.15) is 4.98 Å². The first-order valence-electron chi connectivity index (χ1n) is 9.08. The van der Waals surface area contributed by atoms with Gasteiger partial charge < -0.3 is 20.3 Å². The molecule has 154 valence electrons. The number of morpholine rings is 1. The number of halogens is 1. The summed E-state index contributed by atoms with van der Waals surface area (Å²) in [6, 6.07) is 5.66. The Morgan fingerprint density at radius 1 is 1.28 bits per heavy atom. The summed E-state index contributed by atoms with van der Waals surface area (Å²) >= 11 is 5.97. The van der Waals surface area contributed by atoms with E-state index in [4.69, 9.17) is 16.3 Å². The smallest absolute Gasteiger partial charge is 0.270 e. The summed E-state index contributed by atoms with van der Waals surface area (Å²) in [5, 5.41) is 16.6. The predicted molar refractivity (Wildman–Crippen MR) is 109 cm³/mol. The third-order valence-corrected chi connectivity index (χ3v) is 4.59. The number of ether oxygens (including phenoxy) is 1. The molecule has 0 spiro atoms. The van der Waals surface area contributed by atoms with Gasteiger partial charge in [-0.15, -0.1) is 0 Å². The minimum absolute atomic E-state index is 0.0295. The van der Waals surface area contributed by atoms with Gasteiger partial charge in [0.15, 0.2) is 0 Å². The Bertz CT molecular complexity index is 904. The first-order chi connectivity index (χ1) is 13.9. The van der Waals surface area contributed by atoms with Crippen LogP contribution in [0.4, 0.5) is 17.5 Å². The molecule has 2 aromatic rings. The zero-order chi connectivity index (χ0) is 20.8. The standard InChI is InChI=1S/C18H21ClN6O4/c1-12-10-16(24-6-8-29-9-7-24)23-18(22-12)21-5-4-20-17(26)14-3-2-13(25(27)28)11-15(14)19/h2-3,10-11H,4-9H2,1H3,(H,20,26)(H,21,22,23). The molecule has 1 amide bonds. The Labute approximate surface area is 172 Å². The lowest BCUT2D eigenvalue weighted by Crippen LogP contribution is -2.37. The number of non-ortho nitro benzene ring substituents is 1. The fraction of sp³-hybridized carbons (Fsp3) is 0.389. The van der Waals surface area contributed by atoms with E-state index in [-0.39, 0.29) is 16.3 Å². The number of aryl methyl sites for hydroxylation is 1. The highest BCUT2D eigenvalue weighted by Gasteiger charge is 2.16. The van der Waals surface area contributed by atoms with Gasteiger partial charge in [0.1, 0.15) is 5.82 Å². The second-order valence-electron chi connectivity index (χ2n) is 6.39. The number of aromatic nitrogens is 2. The molecule has 29 heavy (non-hydrogen) atoms. The molecule has 0 radical (unpaired) electrons. The minimum Gasteiger partial charge on any atom is -0.378 e. The van der Waals surface area contributed by atoms with Crippen LogP contribution in [-0.2, 0) is 4.74 Å². The number of anilines is 2. The third kappa shape index (κ3) is 5.52. The molecule has 1 aliphatic rings. The van der Waals surface area contributed by atoms with Crippen LogP contribution in [0.5, 0.6) is 0 Å². The molecule has 0 saturated carbocycles. The quantitative estimate of drug-likeness (QED) is 0.396. The Kier molecular flexibility index (Phi) is 6.78. The molecule has 0 unspecified atom stereocenters. The number of benzene rings is 1. The molecular formula is C18H21ClN6O4. The highest BCUT2D eigenvalue weighted by molar-refractivity contribution is 6.34. The van der Waals surface area contributed by atoms with E-state index in [1.54, 1.807) is 0 Å². The summed E-state index contributed by atoms with van der Waals surface area (Å²) in [7, 11) is 0. The Hall–Kier alpha value is -2.98. The normalized spacial score (nSPS) is 13.8.